The zero-order valence-electron chi connectivity index (χ0n) is 13.0. The van der Waals surface area contributed by atoms with Crippen LogP contribution in [-0.2, 0) is 0 Å². The lowest BCUT2D eigenvalue weighted by molar-refractivity contribution is 0.141. The van der Waals surface area contributed by atoms with E-state index in [0.29, 0.717) is 0 Å². The van der Waals surface area contributed by atoms with E-state index in [1.807, 2.05) is 0 Å². The van der Waals surface area contributed by atoms with Crippen LogP contribution >= 0.6 is 0 Å². The third kappa shape index (κ3) is 4.89. The Labute approximate surface area is 115 Å². The second kappa shape index (κ2) is 8.92. The van der Waals surface area contributed by atoms with Crippen LogP contribution in [0.5, 0.6) is 0 Å². The minimum Gasteiger partial charge on any atom is -0.317 e. The minimum atomic E-state index is 0.754. The Balaban J connectivity index is 2.52. The summed E-state index contributed by atoms with van der Waals surface area (Å²) in [5, 5.41) is 3.56. The SMILES string of the molecule is CCCN(CCC)CC1CC(CC)CCC1NC. The second-order valence-electron chi connectivity index (χ2n) is 6.04. The second-order valence-corrected chi connectivity index (χ2v) is 6.04. The molecule has 1 N–H and O–H groups in total. The van der Waals surface area contributed by atoms with Crippen molar-refractivity contribution in [1.29, 1.82) is 0 Å². The average Bonchev–Trinajstić information content (AvgIpc) is 2.39. The summed E-state index contributed by atoms with van der Waals surface area (Å²) in [6.07, 6.45) is 8.19. The highest BCUT2D eigenvalue weighted by molar-refractivity contribution is 4.85. The first-order valence-corrected chi connectivity index (χ1v) is 8.14. The van der Waals surface area contributed by atoms with Crippen molar-refractivity contribution >= 4 is 0 Å². The lowest BCUT2D eigenvalue weighted by Crippen LogP contribution is -2.45. The van der Waals surface area contributed by atoms with Gasteiger partial charge in [0.05, 0.1) is 0 Å². The molecule has 0 heterocycles. The van der Waals surface area contributed by atoms with Crippen molar-refractivity contribution in [2.75, 3.05) is 26.7 Å². The minimum absolute atomic E-state index is 0.754. The van der Waals surface area contributed by atoms with Crippen LogP contribution in [0.1, 0.15) is 59.3 Å². The quantitative estimate of drug-likeness (QED) is 0.713. The first-order chi connectivity index (χ1) is 8.74. The van der Waals surface area contributed by atoms with Crippen molar-refractivity contribution in [3.63, 3.8) is 0 Å². The molecule has 0 aromatic rings. The predicted molar refractivity (Wildman–Crippen MR) is 81.0 cm³/mol. The Kier molecular flexibility index (Phi) is 7.92. The van der Waals surface area contributed by atoms with Crippen molar-refractivity contribution < 1.29 is 0 Å². The largest absolute Gasteiger partial charge is 0.317 e. The fourth-order valence-electron chi connectivity index (χ4n) is 3.57. The zero-order chi connectivity index (χ0) is 13.4. The van der Waals surface area contributed by atoms with Crippen LogP contribution in [0, 0.1) is 11.8 Å². The van der Waals surface area contributed by atoms with Crippen LogP contribution in [0.25, 0.3) is 0 Å². The lowest BCUT2D eigenvalue weighted by Gasteiger charge is -2.38. The van der Waals surface area contributed by atoms with Gasteiger partial charge in [-0.1, -0.05) is 27.2 Å². The molecule has 1 aliphatic rings. The van der Waals surface area contributed by atoms with Crippen LogP contribution in [0.3, 0.4) is 0 Å². The van der Waals surface area contributed by atoms with Crippen LogP contribution in [0.2, 0.25) is 0 Å². The molecule has 18 heavy (non-hydrogen) atoms. The molecule has 3 atom stereocenters. The van der Waals surface area contributed by atoms with Gasteiger partial charge in [0, 0.05) is 12.6 Å². The van der Waals surface area contributed by atoms with Gasteiger partial charge in [-0.15, -0.1) is 0 Å². The van der Waals surface area contributed by atoms with Gasteiger partial charge in [-0.3, -0.25) is 0 Å². The summed E-state index contributed by atoms with van der Waals surface area (Å²) < 4.78 is 0. The molecule has 0 amide bonds. The average molecular weight is 254 g/mol. The van der Waals surface area contributed by atoms with Crippen molar-refractivity contribution in [2.24, 2.45) is 11.8 Å². The van der Waals surface area contributed by atoms with E-state index in [-0.39, 0.29) is 0 Å². The number of nitrogens with one attached hydrogen (secondary N) is 1. The fraction of sp³-hybridized carbons (Fsp3) is 1.00. The Bertz CT molecular complexity index is 199. The molecule has 1 aliphatic carbocycles. The molecule has 0 aromatic heterocycles. The number of rotatable bonds is 8. The Morgan fingerprint density at radius 3 is 2.22 bits per heavy atom. The monoisotopic (exact) mass is 254 g/mol. The summed E-state index contributed by atoms with van der Waals surface area (Å²) in [5.41, 5.74) is 0. The molecule has 1 fully saturated rings. The Morgan fingerprint density at radius 2 is 1.72 bits per heavy atom. The van der Waals surface area contributed by atoms with E-state index >= 15 is 0 Å². The van der Waals surface area contributed by atoms with E-state index in [9.17, 15) is 0 Å². The highest BCUT2D eigenvalue weighted by Crippen LogP contribution is 2.31. The molecule has 0 saturated heterocycles. The molecule has 0 aliphatic heterocycles. The van der Waals surface area contributed by atoms with Gasteiger partial charge >= 0.3 is 0 Å². The van der Waals surface area contributed by atoms with E-state index in [0.717, 1.165) is 17.9 Å². The van der Waals surface area contributed by atoms with Gasteiger partial charge in [0.15, 0.2) is 0 Å². The third-order valence-electron chi connectivity index (χ3n) is 4.61. The van der Waals surface area contributed by atoms with Gasteiger partial charge in [-0.05, 0) is 64.1 Å². The molecule has 1 rings (SSSR count). The van der Waals surface area contributed by atoms with E-state index in [4.69, 9.17) is 0 Å². The highest BCUT2D eigenvalue weighted by Gasteiger charge is 2.29. The summed E-state index contributed by atoms with van der Waals surface area (Å²) >= 11 is 0. The molecule has 108 valence electrons. The van der Waals surface area contributed by atoms with Gasteiger partial charge in [-0.2, -0.15) is 0 Å². The third-order valence-corrected chi connectivity index (χ3v) is 4.61. The Morgan fingerprint density at radius 1 is 1.06 bits per heavy atom. The van der Waals surface area contributed by atoms with E-state index in [1.165, 1.54) is 58.2 Å². The topological polar surface area (TPSA) is 15.3 Å². The van der Waals surface area contributed by atoms with Crippen molar-refractivity contribution in [2.45, 2.75) is 65.3 Å². The summed E-state index contributed by atoms with van der Waals surface area (Å²) in [7, 11) is 2.15. The van der Waals surface area contributed by atoms with E-state index < -0.39 is 0 Å². The van der Waals surface area contributed by atoms with E-state index in [1.54, 1.807) is 0 Å². The smallest absolute Gasteiger partial charge is 0.0105 e. The molecular weight excluding hydrogens is 220 g/mol. The van der Waals surface area contributed by atoms with Crippen LogP contribution < -0.4 is 5.32 Å². The molecule has 0 aromatic carbocycles. The molecule has 0 spiro atoms. The Hall–Kier alpha value is -0.0800. The van der Waals surface area contributed by atoms with Crippen molar-refractivity contribution in [3.05, 3.63) is 0 Å². The van der Waals surface area contributed by atoms with Crippen LogP contribution in [-0.4, -0.2) is 37.6 Å². The number of hydrogen-bond donors (Lipinski definition) is 1. The van der Waals surface area contributed by atoms with Gasteiger partial charge in [-0.25, -0.2) is 0 Å². The lowest BCUT2D eigenvalue weighted by atomic mass is 9.76. The summed E-state index contributed by atoms with van der Waals surface area (Å²) in [6, 6.07) is 0.754. The van der Waals surface area contributed by atoms with Crippen LogP contribution in [0.4, 0.5) is 0 Å². The van der Waals surface area contributed by atoms with E-state index in [2.05, 4.69) is 38.0 Å². The van der Waals surface area contributed by atoms with Crippen molar-refractivity contribution in [1.82, 2.24) is 10.2 Å². The molecular formula is C16H34N2. The van der Waals surface area contributed by atoms with Gasteiger partial charge in [0.2, 0.25) is 0 Å². The molecule has 2 nitrogen and oxygen atoms in total. The summed E-state index contributed by atoms with van der Waals surface area (Å²) in [4.78, 5) is 2.69. The highest BCUT2D eigenvalue weighted by atomic mass is 15.1. The molecule has 3 unspecified atom stereocenters. The molecule has 2 heteroatoms. The molecule has 1 saturated carbocycles. The zero-order valence-corrected chi connectivity index (χ0v) is 13.0. The number of nitrogens with zero attached hydrogens (tertiary/aromatic N) is 1. The molecule has 0 bridgehead atoms. The maximum atomic E-state index is 3.56. The summed E-state index contributed by atoms with van der Waals surface area (Å²) in [6.45, 7) is 10.8. The first kappa shape index (κ1) is 16.0. The normalized spacial score (nSPS) is 28.8. The maximum Gasteiger partial charge on any atom is 0.0105 e. The predicted octanol–water partition coefficient (Wildman–Crippen LogP) is 3.52. The van der Waals surface area contributed by atoms with Gasteiger partial charge in [0.25, 0.3) is 0 Å². The molecule has 0 radical (unpaired) electrons. The van der Waals surface area contributed by atoms with Gasteiger partial charge < -0.3 is 10.2 Å². The first-order valence-electron chi connectivity index (χ1n) is 8.14. The van der Waals surface area contributed by atoms with Gasteiger partial charge in [0.1, 0.15) is 0 Å². The van der Waals surface area contributed by atoms with Crippen LogP contribution in [0.15, 0.2) is 0 Å². The summed E-state index contributed by atoms with van der Waals surface area (Å²) in [5.74, 6) is 1.84. The fourth-order valence-corrected chi connectivity index (χ4v) is 3.57. The number of hydrogen-bond acceptors (Lipinski definition) is 2. The standard InChI is InChI=1S/C16H34N2/c1-5-10-18(11-6-2)13-15-12-14(7-3)8-9-16(15)17-4/h14-17H,5-13H2,1-4H3. The maximum absolute atomic E-state index is 3.56. The van der Waals surface area contributed by atoms with Crippen molar-refractivity contribution in [3.8, 4) is 0 Å².